The van der Waals surface area contributed by atoms with Crippen LogP contribution >= 0.6 is 24.0 Å². The lowest BCUT2D eigenvalue weighted by atomic mass is 10.0. The summed E-state index contributed by atoms with van der Waals surface area (Å²) in [4.78, 5) is 25.9. The molecule has 0 bridgehead atoms. The maximum Gasteiger partial charge on any atom is 0.326 e. The number of carboxylic acids is 1. The number of thioether (sulfide) groups is 1. The van der Waals surface area contributed by atoms with Crippen molar-refractivity contribution in [1.82, 2.24) is 4.90 Å². The molecule has 140 valence electrons. The highest BCUT2D eigenvalue weighted by Crippen LogP contribution is 2.36. The number of carboxylic acid groups (broad SMARTS) is 1. The van der Waals surface area contributed by atoms with Gasteiger partial charge in [0.15, 0.2) is 11.5 Å². The third kappa shape index (κ3) is 4.56. The molecule has 0 radical (unpaired) electrons. The Labute approximate surface area is 161 Å². The van der Waals surface area contributed by atoms with Gasteiger partial charge in [-0.15, -0.1) is 0 Å². The van der Waals surface area contributed by atoms with Crippen LogP contribution < -0.4 is 4.74 Å². The summed E-state index contributed by atoms with van der Waals surface area (Å²) in [6, 6.07) is 3.77. The summed E-state index contributed by atoms with van der Waals surface area (Å²) in [6.07, 6.45) is 1.94. The van der Waals surface area contributed by atoms with Crippen LogP contribution in [0.5, 0.6) is 11.5 Å². The highest BCUT2D eigenvalue weighted by molar-refractivity contribution is 8.26. The summed E-state index contributed by atoms with van der Waals surface area (Å²) in [7, 11) is 0. The van der Waals surface area contributed by atoms with Crippen molar-refractivity contribution in [1.29, 1.82) is 0 Å². The zero-order chi connectivity index (χ0) is 19.4. The van der Waals surface area contributed by atoms with Crippen LogP contribution in [0.3, 0.4) is 0 Å². The number of hydrogen-bond acceptors (Lipinski definition) is 6. The van der Waals surface area contributed by atoms with Gasteiger partial charge in [0.2, 0.25) is 0 Å². The summed E-state index contributed by atoms with van der Waals surface area (Å²) in [5.41, 5.74) is 0.655. The molecule has 1 aromatic rings. The maximum atomic E-state index is 12.7. The number of hydrogen-bond donors (Lipinski definition) is 2. The molecule has 1 atom stereocenters. The van der Waals surface area contributed by atoms with E-state index in [1.165, 1.54) is 11.0 Å². The summed E-state index contributed by atoms with van der Waals surface area (Å²) >= 11 is 6.32. The van der Waals surface area contributed by atoms with Crippen LogP contribution in [-0.2, 0) is 9.59 Å². The van der Waals surface area contributed by atoms with Gasteiger partial charge in [-0.2, -0.15) is 0 Å². The van der Waals surface area contributed by atoms with Crippen LogP contribution in [0, 0.1) is 5.92 Å². The molecule has 1 aliphatic heterocycles. The van der Waals surface area contributed by atoms with Gasteiger partial charge in [0.25, 0.3) is 5.91 Å². The monoisotopic (exact) mass is 395 g/mol. The second kappa shape index (κ2) is 8.55. The number of carbonyl (C=O) groups is 2. The Bertz CT molecular complexity index is 760. The topological polar surface area (TPSA) is 87.1 Å². The number of amides is 1. The summed E-state index contributed by atoms with van der Waals surface area (Å²) in [5, 5.41) is 19.3. The van der Waals surface area contributed by atoms with Gasteiger partial charge in [0.05, 0.1) is 11.5 Å². The van der Waals surface area contributed by atoms with Gasteiger partial charge >= 0.3 is 5.97 Å². The highest BCUT2D eigenvalue weighted by atomic mass is 32.2. The average molecular weight is 396 g/mol. The minimum absolute atomic E-state index is 0.0134. The van der Waals surface area contributed by atoms with Crippen molar-refractivity contribution in [2.24, 2.45) is 5.92 Å². The molecule has 1 heterocycles. The van der Waals surface area contributed by atoms with Crippen LogP contribution in [-0.4, -0.2) is 44.0 Å². The van der Waals surface area contributed by atoms with E-state index >= 15 is 0 Å². The van der Waals surface area contributed by atoms with E-state index in [1.807, 2.05) is 13.8 Å². The lowest BCUT2D eigenvalue weighted by molar-refractivity contribution is -0.145. The number of phenols is 1. The van der Waals surface area contributed by atoms with E-state index in [0.29, 0.717) is 29.2 Å². The number of carbonyl (C=O) groups excluding carboxylic acids is 1. The van der Waals surface area contributed by atoms with Crippen LogP contribution in [0.15, 0.2) is 23.1 Å². The normalized spacial score (nSPS) is 17.2. The second-order valence-electron chi connectivity index (χ2n) is 6.20. The Hall–Kier alpha value is -2.06. The number of phenolic OH excluding ortho intramolecular Hbond substituents is 1. The molecule has 0 saturated carbocycles. The van der Waals surface area contributed by atoms with E-state index < -0.39 is 17.9 Å². The number of ether oxygens (including phenoxy) is 1. The van der Waals surface area contributed by atoms with E-state index in [0.717, 1.165) is 11.8 Å². The zero-order valence-electron chi connectivity index (χ0n) is 14.8. The van der Waals surface area contributed by atoms with E-state index in [4.69, 9.17) is 17.0 Å². The first-order chi connectivity index (χ1) is 12.2. The Morgan fingerprint density at radius 3 is 2.69 bits per heavy atom. The average Bonchev–Trinajstić information content (AvgIpc) is 2.82. The highest BCUT2D eigenvalue weighted by Gasteiger charge is 2.40. The Morgan fingerprint density at radius 1 is 1.42 bits per heavy atom. The molecule has 6 nitrogen and oxygen atoms in total. The van der Waals surface area contributed by atoms with Crippen molar-refractivity contribution < 1.29 is 24.5 Å². The summed E-state index contributed by atoms with van der Waals surface area (Å²) in [6.45, 7) is 6.00. The molecule has 0 aliphatic carbocycles. The molecule has 1 fully saturated rings. The largest absolute Gasteiger partial charge is 0.504 e. The first kappa shape index (κ1) is 20.3. The Kier molecular flexibility index (Phi) is 6.66. The van der Waals surface area contributed by atoms with Gasteiger partial charge in [-0.1, -0.05) is 43.9 Å². The van der Waals surface area contributed by atoms with Crippen LogP contribution in [0.2, 0.25) is 0 Å². The third-order valence-electron chi connectivity index (χ3n) is 3.70. The minimum Gasteiger partial charge on any atom is -0.504 e. The number of benzene rings is 1. The lowest BCUT2D eigenvalue weighted by Gasteiger charge is -2.24. The molecule has 1 unspecified atom stereocenters. The van der Waals surface area contributed by atoms with E-state index in [9.17, 15) is 19.8 Å². The first-order valence-corrected chi connectivity index (χ1v) is 9.42. The smallest absolute Gasteiger partial charge is 0.326 e. The summed E-state index contributed by atoms with van der Waals surface area (Å²) < 4.78 is 5.57. The molecule has 2 N–H and O–H groups in total. The molecule has 2 rings (SSSR count). The molecule has 1 amide bonds. The van der Waals surface area contributed by atoms with Gasteiger partial charge in [0, 0.05) is 0 Å². The number of thiocarbonyl (C=S) groups is 1. The molecule has 1 aliphatic rings. The molecule has 1 saturated heterocycles. The Balaban J connectivity index is 2.31. The van der Waals surface area contributed by atoms with Crippen molar-refractivity contribution in [3.63, 3.8) is 0 Å². The summed E-state index contributed by atoms with van der Waals surface area (Å²) in [5.74, 6) is -1.05. The fourth-order valence-electron chi connectivity index (χ4n) is 2.55. The fourth-order valence-corrected chi connectivity index (χ4v) is 3.91. The molecule has 0 aromatic heterocycles. The van der Waals surface area contributed by atoms with Crippen molar-refractivity contribution in [2.45, 2.75) is 33.2 Å². The number of rotatable bonds is 7. The van der Waals surface area contributed by atoms with Crippen LogP contribution in [0.1, 0.15) is 32.8 Å². The Morgan fingerprint density at radius 2 is 2.12 bits per heavy atom. The molecular formula is C18H21NO5S2. The van der Waals surface area contributed by atoms with Crippen LogP contribution in [0.4, 0.5) is 0 Å². The fraction of sp³-hybridized carbons (Fsp3) is 0.389. The standard InChI is InChI=1S/C18H21NO5S2/c1-4-24-14-8-11(5-6-13(14)20)9-15-16(21)19(18(25)26-15)12(17(22)23)7-10(2)3/h5-6,8-10,12,20H,4,7H2,1-3H3,(H,22,23)/b15-9-. The quantitative estimate of drug-likeness (QED) is 0.540. The van der Waals surface area contributed by atoms with Gasteiger partial charge in [-0.05, 0) is 43.0 Å². The van der Waals surface area contributed by atoms with Crippen molar-refractivity contribution >= 4 is 46.3 Å². The predicted octanol–water partition coefficient (Wildman–Crippen LogP) is 3.49. The first-order valence-electron chi connectivity index (χ1n) is 8.20. The third-order valence-corrected chi connectivity index (χ3v) is 5.03. The maximum absolute atomic E-state index is 12.7. The van der Waals surface area contributed by atoms with E-state index in [-0.39, 0.29) is 16.0 Å². The second-order valence-corrected chi connectivity index (χ2v) is 7.87. The van der Waals surface area contributed by atoms with Crippen molar-refractivity contribution in [3.8, 4) is 11.5 Å². The van der Waals surface area contributed by atoms with Crippen molar-refractivity contribution in [2.75, 3.05) is 6.61 Å². The van der Waals surface area contributed by atoms with Crippen LogP contribution in [0.25, 0.3) is 6.08 Å². The lowest BCUT2D eigenvalue weighted by Crippen LogP contribution is -2.44. The van der Waals surface area contributed by atoms with Gasteiger partial charge in [0.1, 0.15) is 10.4 Å². The minimum atomic E-state index is -1.07. The van der Waals surface area contributed by atoms with Gasteiger partial charge in [-0.3, -0.25) is 9.69 Å². The molecule has 1 aromatic carbocycles. The van der Waals surface area contributed by atoms with E-state index in [2.05, 4.69) is 0 Å². The molecule has 8 heteroatoms. The number of aliphatic carboxylic acids is 1. The number of nitrogens with zero attached hydrogens (tertiary/aromatic N) is 1. The molecule has 26 heavy (non-hydrogen) atoms. The molecule has 0 spiro atoms. The SMILES string of the molecule is CCOc1cc(/C=C2\SC(=S)N(C(CC(C)C)C(=O)O)C2=O)ccc1O. The van der Waals surface area contributed by atoms with Crippen molar-refractivity contribution in [3.05, 3.63) is 28.7 Å². The number of aromatic hydroxyl groups is 1. The van der Waals surface area contributed by atoms with E-state index in [1.54, 1.807) is 25.1 Å². The van der Waals surface area contributed by atoms with Gasteiger partial charge in [-0.25, -0.2) is 4.79 Å². The molecular weight excluding hydrogens is 374 g/mol. The zero-order valence-corrected chi connectivity index (χ0v) is 16.4. The predicted molar refractivity (Wildman–Crippen MR) is 105 cm³/mol. The van der Waals surface area contributed by atoms with Gasteiger partial charge < -0.3 is 14.9 Å².